The molecule has 2 aromatic carbocycles. The van der Waals surface area contributed by atoms with Crippen LogP contribution in [0.15, 0.2) is 48.5 Å². The van der Waals surface area contributed by atoms with Gasteiger partial charge in [0.15, 0.2) is 0 Å². The van der Waals surface area contributed by atoms with Crippen molar-refractivity contribution in [3.8, 4) is 11.5 Å². The molecule has 0 bridgehead atoms. The molecule has 0 radical (unpaired) electrons. The number of hydrogen-bond donors (Lipinski definition) is 1. The summed E-state index contributed by atoms with van der Waals surface area (Å²) in [6.45, 7) is 2.29. The van der Waals surface area contributed by atoms with Crippen LogP contribution in [0.2, 0.25) is 0 Å². The smallest absolute Gasteiger partial charge is 0.449 e. The second-order valence-corrected chi connectivity index (χ2v) is 6.11. The van der Waals surface area contributed by atoms with Gasteiger partial charge in [-0.15, -0.1) is 0 Å². The van der Waals surface area contributed by atoms with Crippen molar-refractivity contribution >= 4 is 16.9 Å². The van der Waals surface area contributed by atoms with E-state index < -0.39 is 24.5 Å². The summed E-state index contributed by atoms with van der Waals surface area (Å²) in [4.78, 5) is 15.8. The summed E-state index contributed by atoms with van der Waals surface area (Å²) in [6.07, 6.45) is -4.66. The number of halogens is 3. The lowest BCUT2D eigenvalue weighted by Gasteiger charge is -2.12. The molecule has 0 spiro atoms. The van der Waals surface area contributed by atoms with Gasteiger partial charge in [-0.3, -0.25) is 4.79 Å². The van der Waals surface area contributed by atoms with Crippen molar-refractivity contribution in [1.82, 2.24) is 14.9 Å². The Bertz CT molecular complexity index is 969. The van der Waals surface area contributed by atoms with E-state index in [-0.39, 0.29) is 24.2 Å². The van der Waals surface area contributed by atoms with Gasteiger partial charge in [0.1, 0.15) is 24.7 Å². The van der Waals surface area contributed by atoms with Crippen molar-refractivity contribution in [3.63, 3.8) is 0 Å². The Kier molecular flexibility index (Phi) is 6.26. The quantitative estimate of drug-likeness (QED) is 0.579. The van der Waals surface area contributed by atoms with Gasteiger partial charge in [0.25, 0.3) is 0 Å². The van der Waals surface area contributed by atoms with Crippen molar-refractivity contribution in [1.29, 1.82) is 0 Å². The summed E-state index contributed by atoms with van der Waals surface area (Å²) < 4.78 is 51.5. The van der Waals surface area contributed by atoms with Gasteiger partial charge in [0, 0.05) is 0 Å². The Balaban J connectivity index is 1.56. The van der Waals surface area contributed by atoms with E-state index in [0.717, 1.165) is 10.3 Å². The van der Waals surface area contributed by atoms with Crippen molar-refractivity contribution in [2.75, 3.05) is 19.8 Å². The van der Waals surface area contributed by atoms with Crippen molar-refractivity contribution < 1.29 is 27.4 Å². The molecule has 0 unspecified atom stereocenters. The number of fused-ring (bicyclic) bond motifs is 1. The first kappa shape index (κ1) is 20.5. The molecule has 1 aromatic heterocycles. The van der Waals surface area contributed by atoms with E-state index in [9.17, 15) is 18.0 Å². The van der Waals surface area contributed by atoms with Gasteiger partial charge in [-0.1, -0.05) is 12.1 Å². The number of aromatic nitrogens is 2. The summed E-state index contributed by atoms with van der Waals surface area (Å²) in [5.41, 5.74) is 0.437. The highest BCUT2D eigenvalue weighted by molar-refractivity contribution is 5.81. The molecule has 1 N–H and O–H groups in total. The summed E-state index contributed by atoms with van der Waals surface area (Å²) in [5.74, 6) is -0.336. The first-order valence-corrected chi connectivity index (χ1v) is 9.03. The highest BCUT2D eigenvalue weighted by Crippen LogP contribution is 2.31. The third kappa shape index (κ3) is 5.18. The normalized spacial score (nSPS) is 11.4. The number of carbonyl (C=O) groups excluding carboxylic acids is 1. The fourth-order valence-electron chi connectivity index (χ4n) is 2.81. The Morgan fingerprint density at radius 2 is 1.72 bits per heavy atom. The average Bonchev–Trinajstić information content (AvgIpc) is 3.06. The molecule has 3 aromatic rings. The van der Waals surface area contributed by atoms with E-state index in [1.54, 1.807) is 36.4 Å². The van der Waals surface area contributed by atoms with Crippen LogP contribution < -0.4 is 14.8 Å². The number of imidazole rings is 1. The van der Waals surface area contributed by atoms with Gasteiger partial charge >= 0.3 is 6.18 Å². The van der Waals surface area contributed by atoms with Crippen LogP contribution in [0.1, 0.15) is 12.7 Å². The highest BCUT2D eigenvalue weighted by atomic mass is 19.4. The van der Waals surface area contributed by atoms with Gasteiger partial charge in [0.05, 0.1) is 24.2 Å². The van der Waals surface area contributed by atoms with Crippen LogP contribution in [0.5, 0.6) is 11.5 Å². The van der Waals surface area contributed by atoms with Crippen molar-refractivity contribution in [2.45, 2.75) is 19.6 Å². The third-order valence-electron chi connectivity index (χ3n) is 4.04. The molecule has 0 saturated carbocycles. The Morgan fingerprint density at radius 1 is 1.07 bits per heavy atom. The predicted octanol–water partition coefficient (Wildman–Crippen LogP) is 3.65. The standard InChI is InChI=1S/C20H20F3N3O3/c1-2-28-14-7-9-15(10-8-14)29-12-11-24-18(27)13-26-17-6-4-3-5-16(17)25-19(26)20(21,22)23/h3-10H,2,11-13H2,1H3,(H,24,27). The Morgan fingerprint density at radius 3 is 2.38 bits per heavy atom. The maximum atomic E-state index is 13.3. The van der Waals surface area contributed by atoms with Crippen LogP contribution in [0.25, 0.3) is 11.0 Å². The molecule has 0 aliphatic heterocycles. The van der Waals surface area contributed by atoms with Gasteiger partial charge in [-0.2, -0.15) is 13.2 Å². The monoisotopic (exact) mass is 407 g/mol. The van der Waals surface area contributed by atoms with Crippen LogP contribution in [0.3, 0.4) is 0 Å². The van der Waals surface area contributed by atoms with E-state index >= 15 is 0 Å². The van der Waals surface area contributed by atoms with Gasteiger partial charge in [-0.25, -0.2) is 4.98 Å². The second-order valence-electron chi connectivity index (χ2n) is 6.11. The van der Waals surface area contributed by atoms with E-state index in [4.69, 9.17) is 9.47 Å². The van der Waals surface area contributed by atoms with E-state index in [2.05, 4.69) is 10.3 Å². The lowest BCUT2D eigenvalue weighted by Crippen LogP contribution is -2.32. The highest BCUT2D eigenvalue weighted by Gasteiger charge is 2.37. The second kappa shape index (κ2) is 8.85. The van der Waals surface area contributed by atoms with Gasteiger partial charge in [-0.05, 0) is 43.3 Å². The van der Waals surface area contributed by atoms with Crippen molar-refractivity contribution in [3.05, 3.63) is 54.4 Å². The first-order chi connectivity index (χ1) is 13.9. The summed E-state index contributed by atoms with van der Waals surface area (Å²) in [7, 11) is 0. The van der Waals surface area contributed by atoms with E-state index in [1.807, 2.05) is 6.92 Å². The molecular weight excluding hydrogens is 387 g/mol. The SMILES string of the molecule is CCOc1ccc(OCCNC(=O)Cn2c(C(F)(F)F)nc3ccccc32)cc1. The number of rotatable bonds is 8. The summed E-state index contributed by atoms with van der Waals surface area (Å²) in [5, 5.41) is 2.56. The molecule has 1 amide bonds. The maximum absolute atomic E-state index is 13.3. The number of nitrogens with one attached hydrogen (secondary N) is 1. The van der Waals surface area contributed by atoms with Crippen LogP contribution in [-0.4, -0.2) is 35.2 Å². The van der Waals surface area contributed by atoms with Gasteiger partial charge < -0.3 is 19.4 Å². The topological polar surface area (TPSA) is 65.4 Å². The number of hydrogen-bond acceptors (Lipinski definition) is 4. The molecule has 154 valence electrons. The zero-order chi connectivity index (χ0) is 20.9. The number of ether oxygens (including phenoxy) is 2. The minimum absolute atomic E-state index is 0.153. The molecule has 1 heterocycles. The van der Waals surface area contributed by atoms with Gasteiger partial charge in [0.2, 0.25) is 11.7 Å². The fourth-order valence-corrected chi connectivity index (χ4v) is 2.81. The van der Waals surface area contributed by atoms with E-state index in [0.29, 0.717) is 12.4 Å². The molecule has 3 rings (SSSR count). The predicted molar refractivity (Wildman–Crippen MR) is 101 cm³/mol. The summed E-state index contributed by atoms with van der Waals surface area (Å²) in [6, 6.07) is 13.2. The molecule has 0 fully saturated rings. The number of nitrogens with zero attached hydrogens (tertiary/aromatic N) is 2. The van der Waals surface area contributed by atoms with Crippen LogP contribution >= 0.6 is 0 Å². The van der Waals surface area contributed by atoms with Crippen LogP contribution in [0, 0.1) is 0 Å². The first-order valence-electron chi connectivity index (χ1n) is 9.03. The zero-order valence-electron chi connectivity index (χ0n) is 15.7. The summed E-state index contributed by atoms with van der Waals surface area (Å²) >= 11 is 0. The fraction of sp³-hybridized carbons (Fsp3) is 0.300. The number of amides is 1. The Hall–Kier alpha value is -3.23. The number of alkyl halides is 3. The number of benzene rings is 2. The Labute approximate surface area is 165 Å². The lowest BCUT2D eigenvalue weighted by atomic mass is 10.3. The minimum atomic E-state index is -4.66. The molecule has 0 saturated heterocycles. The number of para-hydroxylation sites is 2. The lowest BCUT2D eigenvalue weighted by molar-refractivity contribution is -0.147. The minimum Gasteiger partial charge on any atom is -0.494 e. The molecule has 29 heavy (non-hydrogen) atoms. The maximum Gasteiger partial charge on any atom is 0.449 e. The zero-order valence-corrected chi connectivity index (χ0v) is 15.7. The average molecular weight is 407 g/mol. The largest absolute Gasteiger partial charge is 0.494 e. The number of carbonyl (C=O) groups is 1. The molecule has 0 aliphatic rings. The molecule has 6 nitrogen and oxygen atoms in total. The molecular formula is C20H20F3N3O3. The third-order valence-corrected chi connectivity index (χ3v) is 4.04. The van der Waals surface area contributed by atoms with Crippen LogP contribution in [0.4, 0.5) is 13.2 Å². The van der Waals surface area contributed by atoms with E-state index in [1.165, 1.54) is 12.1 Å². The van der Waals surface area contributed by atoms with Crippen LogP contribution in [-0.2, 0) is 17.5 Å². The molecule has 0 atom stereocenters. The molecule has 0 aliphatic carbocycles. The molecule has 9 heteroatoms. The van der Waals surface area contributed by atoms with Crippen molar-refractivity contribution in [2.24, 2.45) is 0 Å².